The second-order valence-electron chi connectivity index (χ2n) is 5.61. The first kappa shape index (κ1) is 12.2. The van der Waals surface area contributed by atoms with E-state index in [-0.39, 0.29) is 12.1 Å². The number of amides is 1. The number of rotatable bonds is 4. The average Bonchev–Trinajstić information content (AvgIpc) is 2.87. The van der Waals surface area contributed by atoms with Crippen LogP contribution in [0.15, 0.2) is 12.1 Å². The summed E-state index contributed by atoms with van der Waals surface area (Å²) < 4.78 is 0. The number of nitrogens with zero attached hydrogens (tertiary/aromatic N) is 1. The van der Waals surface area contributed by atoms with Gasteiger partial charge in [-0.15, -0.1) is 11.3 Å². The van der Waals surface area contributed by atoms with Crippen LogP contribution in [-0.4, -0.2) is 23.9 Å². The Kier molecular flexibility index (Phi) is 2.94. The summed E-state index contributed by atoms with van der Waals surface area (Å²) in [5.41, 5.74) is 0.423. The van der Waals surface area contributed by atoms with Gasteiger partial charge in [-0.05, 0) is 43.7 Å². The van der Waals surface area contributed by atoms with Crippen molar-refractivity contribution in [3.63, 3.8) is 0 Å². The van der Waals surface area contributed by atoms with Gasteiger partial charge in [-0.1, -0.05) is 6.92 Å². The van der Waals surface area contributed by atoms with Crippen LogP contribution in [0.2, 0.25) is 0 Å². The molecule has 1 aliphatic heterocycles. The Balaban J connectivity index is 1.79. The van der Waals surface area contributed by atoms with E-state index in [2.05, 4.69) is 36.2 Å². The molecule has 0 radical (unpaired) electrons. The number of aryl methyl sites for hydroxylation is 1. The van der Waals surface area contributed by atoms with Gasteiger partial charge in [0.05, 0.1) is 6.54 Å². The van der Waals surface area contributed by atoms with Gasteiger partial charge in [-0.3, -0.25) is 10.1 Å². The van der Waals surface area contributed by atoms with Crippen molar-refractivity contribution in [3.8, 4) is 0 Å². The molecule has 0 spiro atoms. The SMILES string of the molecule is CCC1(CN2C(=O)CNC2c2ccc(C)s2)CC1. The summed E-state index contributed by atoms with van der Waals surface area (Å²) >= 11 is 1.79. The number of carbonyl (C=O) groups is 1. The number of nitrogens with one attached hydrogen (secondary N) is 1. The summed E-state index contributed by atoms with van der Waals surface area (Å²) in [5.74, 6) is 0.255. The molecule has 2 heterocycles. The lowest BCUT2D eigenvalue weighted by atomic mass is 10.0. The zero-order valence-corrected chi connectivity index (χ0v) is 11.8. The van der Waals surface area contributed by atoms with E-state index in [0.29, 0.717) is 12.0 Å². The summed E-state index contributed by atoms with van der Waals surface area (Å²) in [6.07, 6.45) is 3.86. The smallest absolute Gasteiger partial charge is 0.238 e. The van der Waals surface area contributed by atoms with Crippen molar-refractivity contribution >= 4 is 17.2 Å². The Bertz CT molecular complexity index is 464. The van der Waals surface area contributed by atoms with Crippen molar-refractivity contribution < 1.29 is 4.79 Å². The molecule has 1 saturated heterocycles. The van der Waals surface area contributed by atoms with Gasteiger partial charge in [0.25, 0.3) is 0 Å². The Labute approximate surface area is 112 Å². The number of carbonyl (C=O) groups excluding carboxylic acids is 1. The maximum Gasteiger partial charge on any atom is 0.238 e. The molecule has 1 unspecified atom stereocenters. The maximum atomic E-state index is 12.1. The standard InChI is InChI=1S/C14H20N2OS/c1-3-14(6-7-14)9-16-12(17)8-15-13(16)11-5-4-10(2)18-11/h4-5,13,15H,3,6-9H2,1-2H3. The lowest BCUT2D eigenvalue weighted by Crippen LogP contribution is -2.35. The highest BCUT2D eigenvalue weighted by Gasteiger charge is 2.46. The van der Waals surface area contributed by atoms with Gasteiger partial charge in [-0.2, -0.15) is 0 Å². The minimum Gasteiger partial charge on any atom is -0.320 e. The van der Waals surface area contributed by atoms with Gasteiger partial charge in [0.15, 0.2) is 0 Å². The minimum atomic E-state index is 0.111. The van der Waals surface area contributed by atoms with Gasteiger partial charge in [0.2, 0.25) is 5.91 Å². The van der Waals surface area contributed by atoms with E-state index < -0.39 is 0 Å². The van der Waals surface area contributed by atoms with E-state index in [4.69, 9.17) is 0 Å². The third-order valence-electron chi connectivity index (χ3n) is 4.32. The van der Waals surface area contributed by atoms with Crippen LogP contribution in [0.1, 0.15) is 42.1 Å². The van der Waals surface area contributed by atoms with Crippen LogP contribution in [-0.2, 0) is 4.79 Å². The van der Waals surface area contributed by atoms with Crippen molar-refractivity contribution in [2.24, 2.45) is 5.41 Å². The molecular formula is C14H20N2OS. The maximum absolute atomic E-state index is 12.1. The molecule has 98 valence electrons. The molecule has 1 atom stereocenters. The number of thiophene rings is 1. The van der Waals surface area contributed by atoms with E-state index in [9.17, 15) is 4.79 Å². The molecule has 0 bridgehead atoms. The number of hydrogen-bond donors (Lipinski definition) is 1. The zero-order valence-electron chi connectivity index (χ0n) is 11.0. The minimum absolute atomic E-state index is 0.111. The molecule has 0 aromatic carbocycles. The van der Waals surface area contributed by atoms with Crippen LogP contribution in [0.4, 0.5) is 0 Å². The summed E-state index contributed by atoms with van der Waals surface area (Å²) in [5, 5.41) is 3.35. The van der Waals surface area contributed by atoms with Crippen LogP contribution in [0.3, 0.4) is 0 Å². The molecule has 2 fully saturated rings. The summed E-state index contributed by atoms with van der Waals surface area (Å²) in [6, 6.07) is 4.28. The van der Waals surface area contributed by atoms with Crippen molar-refractivity contribution in [1.29, 1.82) is 0 Å². The summed E-state index contributed by atoms with van der Waals surface area (Å²) in [6.45, 7) is 5.77. The normalized spacial score (nSPS) is 25.8. The van der Waals surface area contributed by atoms with Gasteiger partial charge < -0.3 is 4.90 Å². The first-order chi connectivity index (χ1) is 8.63. The third-order valence-corrected chi connectivity index (χ3v) is 5.38. The Hall–Kier alpha value is -0.870. The number of hydrogen-bond acceptors (Lipinski definition) is 3. The van der Waals surface area contributed by atoms with E-state index in [0.717, 1.165) is 6.54 Å². The predicted molar refractivity (Wildman–Crippen MR) is 73.5 cm³/mol. The van der Waals surface area contributed by atoms with Crippen LogP contribution < -0.4 is 5.32 Å². The highest BCUT2D eigenvalue weighted by molar-refractivity contribution is 7.12. The van der Waals surface area contributed by atoms with Crippen LogP contribution in [0.25, 0.3) is 0 Å². The third kappa shape index (κ3) is 2.08. The molecule has 2 aliphatic rings. The second-order valence-corrected chi connectivity index (χ2v) is 6.93. The topological polar surface area (TPSA) is 32.3 Å². The second kappa shape index (κ2) is 4.35. The first-order valence-corrected chi connectivity index (χ1v) is 7.54. The lowest BCUT2D eigenvalue weighted by Gasteiger charge is -2.27. The molecule has 18 heavy (non-hydrogen) atoms. The van der Waals surface area contributed by atoms with E-state index in [1.54, 1.807) is 11.3 Å². The van der Waals surface area contributed by atoms with Gasteiger partial charge >= 0.3 is 0 Å². The molecule has 1 N–H and O–H groups in total. The van der Waals surface area contributed by atoms with Crippen molar-refractivity contribution in [1.82, 2.24) is 10.2 Å². The fraction of sp³-hybridized carbons (Fsp3) is 0.643. The van der Waals surface area contributed by atoms with Gasteiger partial charge in [0.1, 0.15) is 6.17 Å². The van der Waals surface area contributed by atoms with Crippen LogP contribution in [0.5, 0.6) is 0 Å². The molecule has 3 nitrogen and oxygen atoms in total. The van der Waals surface area contributed by atoms with Crippen LogP contribution >= 0.6 is 11.3 Å². The van der Waals surface area contributed by atoms with E-state index >= 15 is 0 Å². The highest BCUT2D eigenvalue weighted by atomic mass is 32.1. The van der Waals surface area contributed by atoms with Crippen LogP contribution in [0, 0.1) is 12.3 Å². The Morgan fingerprint density at radius 1 is 1.50 bits per heavy atom. The fourth-order valence-corrected chi connectivity index (χ4v) is 3.70. The van der Waals surface area contributed by atoms with Crippen molar-refractivity contribution in [3.05, 3.63) is 21.9 Å². The quantitative estimate of drug-likeness (QED) is 0.907. The predicted octanol–water partition coefficient (Wildman–Crippen LogP) is 2.68. The highest BCUT2D eigenvalue weighted by Crippen LogP contribution is 2.50. The Morgan fingerprint density at radius 3 is 2.83 bits per heavy atom. The largest absolute Gasteiger partial charge is 0.320 e. The molecule has 1 amide bonds. The monoisotopic (exact) mass is 264 g/mol. The molecule has 1 saturated carbocycles. The van der Waals surface area contributed by atoms with Gasteiger partial charge in [0, 0.05) is 16.3 Å². The Morgan fingerprint density at radius 2 is 2.28 bits per heavy atom. The molecule has 1 aliphatic carbocycles. The van der Waals surface area contributed by atoms with Crippen molar-refractivity contribution in [2.45, 2.75) is 39.3 Å². The molecule has 1 aromatic heterocycles. The molecule has 1 aromatic rings. The zero-order chi connectivity index (χ0) is 12.8. The fourth-order valence-electron chi connectivity index (χ4n) is 2.74. The van der Waals surface area contributed by atoms with E-state index in [1.807, 2.05) is 0 Å². The lowest BCUT2D eigenvalue weighted by molar-refractivity contribution is -0.128. The average molecular weight is 264 g/mol. The molecule has 4 heteroatoms. The molecular weight excluding hydrogens is 244 g/mol. The van der Waals surface area contributed by atoms with E-state index in [1.165, 1.54) is 29.0 Å². The molecule has 3 rings (SSSR count). The summed E-state index contributed by atoms with van der Waals surface area (Å²) in [7, 11) is 0. The first-order valence-electron chi connectivity index (χ1n) is 6.73. The van der Waals surface area contributed by atoms with Crippen molar-refractivity contribution in [2.75, 3.05) is 13.1 Å². The van der Waals surface area contributed by atoms with Gasteiger partial charge in [-0.25, -0.2) is 0 Å². The summed E-state index contributed by atoms with van der Waals surface area (Å²) in [4.78, 5) is 16.7.